The summed E-state index contributed by atoms with van der Waals surface area (Å²) >= 11 is 0. The van der Waals surface area contributed by atoms with Gasteiger partial charge in [0.05, 0.1) is 0 Å². The zero-order chi connectivity index (χ0) is 13.3. The summed E-state index contributed by atoms with van der Waals surface area (Å²) in [6, 6.07) is 9.88. The lowest BCUT2D eigenvalue weighted by Gasteiger charge is -2.09. The Kier molecular flexibility index (Phi) is 5.85. The summed E-state index contributed by atoms with van der Waals surface area (Å²) in [5.41, 5.74) is 1.10. The van der Waals surface area contributed by atoms with E-state index in [1.807, 2.05) is 30.3 Å². The van der Waals surface area contributed by atoms with Gasteiger partial charge in [0, 0.05) is 13.2 Å². The first-order chi connectivity index (χ1) is 9.34. The lowest BCUT2D eigenvalue weighted by molar-refractivity contribution is -0.126. The van der Waals surface area contributed by atoms with Gasteiger partial charge in [-0.15, -0.1) is 0 Å². The molecular weight excluding hydrogens is 240 g/mol. The second kappa shape index (κ2) is 7.92. The second-order valence-corrected chi connectivity index (χ2v) is 4.96. The molecule has 1 aromatic carbocycles. The highest BCUT2D eigenvalue weighted by molar-refractivity contribution is 5.77. The van der Waals surface area contributed by atoms with Gasteiger partial charge >= 0.3 is 0 Å². The van der Waals surface area contributed by atoms with Crippen molar-refractivity contribution >= 4 is 5.91 Å². The van der Waals surface area contributed by atoms with Crippen LogP contribution in [0.3, 0.4) is 0 Å². The van der Waals surface area contributed by atoms with Crippen LogP contribution in [0.2, 0.25) is 0 Å². The Hall–Kier alpha value is -1.39. The average molecular weight is 262 g/mol. The van der Waals surface area contributed by atoms with E-state index in [0.29, 0.717) is 19.1 Å². The van der Waals surface area contributed by atoms with Crippen LogP contribution in [0.5, 0.6) is 0 Å². The predicted molar refractivity (Wildman–Crippen MR) is 74.7 cm³/mol. The van der Waals surface area contributed by atoms with Gasteiger partial charge in [-0.1, -0.05) is 30.3 Å². The van der Waals surface area contributed by atoms with E-state index in [0.717, 1.165) is 25.1 Å². The lowest BCUT2D eigenvalue weighted by Crippen LogP contribution is -2.27. The minimum absolute atomic E-state index is 0.0478. The van der Waals surface area contributed by atoms with Crippen molar-refractivity contribution in [2.75, 3.05) is 26.3 Å². The highest BCUT2D eigenvalue weighted by atomic mass is 16.5. The maximum absolute atomic E-state index is 11.6. The van der Waals surface area contributed by atoms with E-state index in [9.17, 15) is 4.79 Å². The number of rotatable bonds is 7. The molecule has 1 heterocycles. The summed E-state index contributed by atoms with van der Waals surface area (Å²) in [5.74, 6) is 0.667. The molecule has 1 aliphatic heterocycles. The number of carbonyl (C=O) groups excluding carboxylic acids is 1. The van der Waals surface area contributed by atoms with Gasteiger partial charge in [-0.05, 0) is 37.4 Å². The Morgan fingerprint density at radius 3 is 2.95 bits per heavy atom. The fourth-order valence-electron chi connectivity index (χ4n) is 2.22. The van der Waals surface area contributed by atoms with Crippen molar-refractivity contribution in [2.45, 2.75) is 19.4 Å². The van der Waals surface area contributed by atoms with E-state index >= 15 is 0 Å². The van der Waals surface area contributed by atoms with E-state index in [1.54, 1.807) is 0 Å². The average Bonchev–Trinajstić information content (AvgIpc) is 2.96. The van der Waals surface area contributed by atoms with Crippen LogP contribution in [0.25, 0.3) is 0 Å². The molecule has 0 aromatic heterocycles. The Bertz CT molecular complexity index is 375. The molecule has 0 bridgehead atoms. The third-order valence-electron chi connectivity index (χ3n) is 3.40. The van der Waals surface area contributed by atoms with E-state index in [1.165, 1.54) is 6.42 Å². The summed E-state index contributed by atoms with van der Waals surface area (Å²) in [4.78, 5) is 11.6. The summed E-state index contributed by atoms with van der Waals surface area (Å²) < 4.78 is 5.41. The first-order valence-electron chi connectivity index (χ1n) is 6.93. The van der Waals surface area contributed by atoms with Gasteiger partial charge in [-0.25, -0.2) is 0 Å². The van der Waals surface area contributed by atoms with Gasteiger partial charge < -0.3 is 15.4 Å². The highest BCUT2D eigenvalue weighted by Gasteiger charge is 2.13. The van der Waals surface area contributed by atoms with E-state index in [2.05, 4.69) is 10.6 Å². The van der Waals surface area contributed by atoms with Gasteiger partial charge in [0.2, 0.25) is 5.91 Å². The summed E-state index contributed by atoms with van der Waals surface area (Å²) in [7, 11) is 0. The zero-order valence-corrected chi connectivity index (χ0v) is 11.2. The quantitative estimate of drug-likeness (QED) is 0.729. The Morgan fingerprint density at radius 1 is 1.37 bits per heavy atom. The van der Waals surface area contributed by atoms with Crippen LogP contribution in [-0.2, 0) is 16.1 Å². The van der Waals surface area contributed by atoms with Crippen molar-refractivity contribution in [1.82, 2.24) is 10.6 Å². The second-order valence-electron chi connectivity index (χ2n) is 4.96. The van der Waals surface area contributed by atoms with Gasteiger partial charge in [0.1, 0.15) is 6.61 Å². The topological polar surface area (TPSA) is 50.4 Å². The van der Waals surface area contributed by atoms with Crippen molar-refractivity contribution in [3.8, 4) is 0 Å². The number of nitrogens with one attached hydrogen (secondary N) is 2. The lowest BCUT2D eigenvalue weighted by atomic mass is 10.1. The number of hydrogen-bond donors (Lipinski definition) is 2. The molecule has 0 spiro atoms. The smallest absolute Gasteiger partial charge is 0.246 e. The normalized spacial score (nSPS) is 18.4. The van der Waals surface area contributed by atoms with Gasteiger partial charge in [0.25, 0.3) is 0 Å². The van der Waals surface area contributed by atoms with Crippen molar-refractivity contribution < 1.29 is 9.53 Å². The summed E-state index contributed by atoms with van der Waals surface area (Å²) in [5, 5.41) is 6.18. The molecule has 1 unspecified atom stereocenters. The molecule has 1 aromatic rings. The van der Waals surface area contributed by atoms with Crippen molar-refractivity contribution in [2.24, 2.45) is 5.92 Å². The molecule has 2 N–H and O–H groups in total. The first-order valence-corrected chi connectivity index (χ1v) is 6.93. The number of hydrogen-bond acceptors (Lipinski definition) is 3. The Balaban J connectivity index is 1.52. The largest absolute Gasteiger partial charge is 0.372 e. The highest BCUT2D eigenvalue weighted by Crippen LogP contribution is 2.11. The molecule has 0 radical (unpaired) electrons. The van der Waals surface area contributed by atoms with Crippen LogP contribution in [0.15, 0.2) is 30.3 Å². The van der Waals surface area contributed by atoms with Gasteiger partial charge in [-0.3, -0.25) is 4.79 Å². The van der Waals surface area contributed by atoms with Crippen molar-refractivity contribution in [3.05, 3.63) is 35.9 Å². The Morgan fingerprint density at radius 2 is 2.21 bits per heavy atom. The maximum Gasteiger partial charge on any atom is 0.246 e. The van der Waals surface area contributed by atoms with Crippen LogP contribution in [0, 0.1) is 5.92 Å². The van der Waals surface area contributed by atoms with Crippen LogP contribution in [0.1, 0.15) is 18.4 Å². The molecular formula is C15H22N2O2. The van der Waals surface area contributed by atoms with Crippen LogP contribution >= 0.6 is 0 Å². The van der Waals surface area contributed by atoms with Crippen LogP contribution < -0.4 is 10.6 Å². The van der Waals surface area contributed by atoms with E-state index in [-0.39, 0.29) is 12.5 Å². The molecule has 0 aliphatic carbocycles. The molecule has 104 valence electrons. The van der Waals surface area contributed by atoms with E-state index in [4.69, 9.17) is 4.74 Å². The van der Waals surface area contributed by atoms with Crippen molar-refractivity contribution in [1.29, 1.82) is 0 Å². The maximum atomic E-state index is 11.6. The minimum Gasteiger partial charge on any atom is -0.372 e. The summed E-state index contributed by atoms with van der Waals surface area (Å²) in [6.07, 6.45) is 2.27. The SMILES string of the molecule is O=C(COCCC1CCNC1)NCc1ccccc1. The summed E-state index contributed by atoms with van der Waals surface area (Å²) in [6.45, 7) is 3.60. The molecule has 1 amide bonds. The molecule has 19 heavy (non-hydrogen) atoms. The fourth-order valence-corrected chi connectivity index (χ4v) is 2.22. The van der Waals surface area contributed by atoms with E-state index < -0.39 is 0 Å². The molecule has 4 nitrogen and oxygen atoms in total. The number of ether oxygens (including phenoxy) is 1. The standard InChI is InChI=1S/C15H22N2O2/c18-15(17-11-13-4-2-1-3-5-13)12-19-9-7-14-6-8-16-10-14/h1-5,14,16H,6-12H2,(H,17,18). The third kappa shape index (κ3) is 5.41. The fraction of sp³-hybridized carbons (Fsp3) is 0.533. The molecule has 4 heteroatoms. The zero-order valence-electron chi connectivity index (χ0n) is 11.2. The monoisotopic (exact) mass is 262 g/mol. The number of benzene rings is 1. The minimum atomic E-state index is -0.0478. The predicted octanol–water partition coefficient (Wildman–Crippen LogP) is 1.32. The molecule has 0 saturated carbocycles. The molecule has 1 atom stereocenters. The van der Waals surface area contributed by atoms with Gasteiger partial charge in [0.15, 0.2) is 0 Å². The van der Waals surface area contributed by atoms with Crippen molar-refractivity contribution in [3.63, 3.8) is 0 Å². The van der Waals surface area contributed by atoms with Crippen LogP contribution in [0.4, 0.5) is 0 Å². The first kappa shape index (κ1) is 14.0. The van der Waals surface area contributed by atoms with Gasteiger partial charge in [-0.2, -0.15) is 0 Å². The third-order valence-corrected chi connectivity index (χ3v) is 3.40. The number of carbonyl (C=O) groups is 1. The number of amides is 1. The molecule has 1 fully saturated rings. The Labute approximate surface area is 114 Å². The molecule has 1 saturated heterocycles. The molecule has 2 rings (SSSR count). The van der Waals surface area contributed by atoms with Crippen LogP contribution in [-0.4, -0.2) is 32.2 Å². The molecule has 1 aliphatic rings.